The molecule has 0 N–H and O–H groups in total. The molecule has 2 rings (SSSR count). The molecule has 1 atom stereocenters. The molecule has 4 nitrogen and oxygen atoms in total. The number of hydrogen-bond acceptors (Lipinski definition) is 4. The van der Waals surface area contributed by atoms with Gasteiger partial charge in [-0.2, -0.15) is 0 Å². The zero-order valence-electron chi connectivity index (χ0n) is 8.31. The van der Waals surface area contributed by atoms with Crippen molar-refractivity contribution in [1.29, 1.82) is 0 Å². The van der Waals surface area contributed by atoms with Crippen molar-refractivity contribution in [1.82, 2.24) is 4.98 Å². The van der Waals surface area contributed by atoms with Crippen LogP contribution in [0.15, 0.2) is 16.7 Å². The molecule has 1 aliphatic rings. The molecule has 1 aromatic rings. The zero-order chi connectivity index (χ0) is 10.8. The Morgan fingerprint density at radius 3 is 3.27 bits per heavy atom. The molecule has 0 fully saturated rings. The summed E-state index contributed by atoms with van der Waals surface area (Å²) in [6.45, 7) is 3.14. The van der Waals surface area contributed by atoms with E-state index in [1.54, 1.807) is 6.20 Å². The van der Waals surface area contributed by atoms with Crippen LogP contribution in [0.2, 0.25) is 0 Å². The first kappa shape index (κ1) is 10.4. The van der Waals surface area contributed by atoms with Crippen LogP contribution in [0.4, 0.5) is 5.82 Å². The number of carbonyl (C=O) groups excluding carboxylic acids is 1. The Morgan fingerprint density at radius 1 is 1.73 bits per heavy atom. The third kappa shape index (κ3) is 1.97. The molecule has 0 radical (unpaired) electrons. The molecule has 0 spiro atoms. The topological polar surface area (TPSA) is 42.4 Å². The smallest absolute Gasteiger partial charge is 0.172 e. The second-order valence-corrected chi connectivity index (χ2v) is 4.31. The highest BCUT2D eigenvalue weighted by Gasteiger charge is 2.23. The number of aromatic nitrogens is 1. The first-order valence-electron chi connectivity index (χ1n) is 4.72. The van der Waals surface area contributed by atoms with E-state index >= 15 is 0 Å². The van der Waals surface area contributed by atoms with E-state index in [2.05, 4.69) is 20.9 Å². The van der Waals surface area contributed by atoms with Gasteiger partial charge in [0.1, 0.15) is 12.9 Å². The second kappa shape index (κ2) is 4.18. The molecule has 0 saturated carbocycles. The summed E-state index contributed by atoms with van der Waals surface area (Å²) in [5, 5.41) is 0. The van der Waals surface area contributed by atoms with Crippen molar-refractivity contribution in [3.63, 3.8) is 0 Å². The number of ether oxygens (including phenoxy) is 1. The van der Waals surface area contributed by atoms with Crippen LogP contribution < -0.4 is 9.64 Å². The molecule has 0 aliphatic carbocycles. The number of halogens is 1. The van der Waals surface area contributed by atoms with Crippen LogP contribution >= 0.6 is 15.9 Å². The molecule has 2 heterocycles. The maximum atomic E-state index is 10.8. The minimum atomic E-state index is -0.165. The first-order chi connectivity index (χ1) is 7.22. The molecule has 15 heavy (non-hydrogen) atoms. The van der Waals surface area contributed by atoms with Gasteiger partial charge in [-0.05, 0) is 28.9 Å². The van der Waals surface area contributed by atoms with Gasteiger partial charge in [-0.3, -0.25) is 0 Å². The maximum absolute atomic E-state index is 10.8. The highest BCUT2D eigenvalue weighted by Crippen LogP contribution is 2.32. The molecular weight excluding hydrogens is 260 g/mol. The molecule has 80 valence electrons. The number of nitrogens with zero attached hydrogens (tertiary/aromatic N) is 2. The third-order valence-corrected chi connectivity index (χ3v) is 2.78. The second-order valence-electron chi connectivity index (χ2n) is 3.39. The van der Waals surface area contributed by atoms with Crippen molar-refractivity contribution < 1.29 is 9.53 Å². The van der Waals surface area contributed by atoms with Gasteiger partial charge in [0.05, 0.1) is 12.6 Å². The number of aldehydes is 1. The first-order valence-corrected chi connectivity index (χ1v) is 5.52. The van der Waals surface area contributed by atoms with Gasteiger partial charge in [0, 0.05) is 10.7 Å². The van der Waals surface area contributed by atoms with E-state index in [0.29, 0.717) is 13.2 Å². The number of hydrogen-bond donors (Lipinski definition) is 0. The van der Waals surface area contributed by atoms with Crippen LogP contribution in [0.1, 0.15) is 6.92 Å². The Bertz CT molecular complexity index is 384. The number of anilines is 1. The largest absolute Gasteiger partial charge is 0.488 e. The van der Waals surface area contributed by atoms with E-state index in [4.69, 9.17) is 4.74 Å². The Kier molecular flexibility index (Phi) is 2.90. The average Bonchev–Trinajstić information content (AvgIpc) is 2.26. The van der Waals surface area contributed by atoms with Crippen molar-refractivity contribution in [2.75, 3.05) is 18.1 Å². The zero-order valence-corrected chi connectivity index (χ0v) is 9.90. The predicted octanol–water partition coefficient (Wildman–Crippen LogP) is 1.63. The van der Waals surface area contributed by atoms with Crippen LogP contribution in [0.5, 0.6) is 5.75 Å². The molecule has 0 amide bonds. The van der Waals surface area contributed by atoms with Crippen LogP contribution in [0.3, 0.4) is 0 Å². The average molecular weight is 271 g/mol. The molecule has 1 aromatic heterocycles. The van der Waals surface area contributed by atoms with Gasteiger partial charge in [0.25, 0.3) is 0 Å². The van der Waals surface area contributed by atoms with E-state index < -0.39 is 0 Å². The van der Waals surface area contributed by atoms with Gasteiger partial charge < -0.3 is 14.4 Å². The monoisotopic (exact) mass is 270 g/mol. The highest BCUT2D eigenvalue weighted by atomic mass is 79.9. The van der Waals surface area contributed by atoms with Crippen LogP contribution in [-0.4, -0.2) is 30.5 Å². The summed E-state index contributed by atoms with van der Waals surface area (Å²) in [5.74, 6) is 1.47. The van der Waals surface area contributed by atoms with Gasteiger partial charge in [-0.1, -0.05) is 0 Å². The van der Waals surface area contributed by atoms with Gasteiger partial charge >= 0.3 is 0 Å². The fourth-order valence-electron chi connectivity index (χ4n) is 1.57. The van der Waals surface area contributed by atoms with Gasteiger partial charge in [0.15, 0.2) is 11.6 Å². The van der Waals surface area contributed by atoms with Crippen LogP contribution in [-0.2, 0) is 4.79 Å². The maximum Gasteiger partial charge on any atom is 0.172 e. The SMILES string of the molecule is CC(C=O)N1CCOc2cc(Br)cnc21. The van der Waals surface area contributed by atoms with E-state index in [0.717, 1.165) is 22.3 Å². The lowest BCUT2D eigenvalue weighted by atomic mass is 10.2. The lowest BCUT2D eigenvalue weighted by molar-refractivity contribution is -0.108. The Morgan fingerprint density at radius 2 is 2.53 bits per heavy atom. The van der Waals surface area contributed by atoms with E-state index in [-0.39, 0.29) is 6.04 Å². The van der Waals surface area contributed by atoms with E-state index in [1.165, 1.54) is 0 Å². The van der Waals surface area contributed by atoms with Crippen molar-refractivity contribution in [3.8, 4) is 5.75 Å². The predicted molar refractivity (Wildman–Crippen MR) is 60.3 cm³/mol. The lowest BCUT2D eigenvalue weighted by Crippen LogP contribution is -2.40. The Balaban J connectivity index is 2.38. The number of carbonyl (C=O) groups is 1. The molecule has 1 unspecified atom stereocenters. The minimum Gasteiger partial charge on any atom is -0.488 e. The molecule has 0 aromatic carbocycles. The summed E-state index contributed by atoms with van der Waals surface area (Å²) < 4.78 is 6.36. The van der Waals surface area contributed by atoms with Crippen molar-refractivity contribution in [2.24, 2.45) is 0 Å². The Labute approximate surface area is 96.4 Å². The lowest BCUT2D eigenvalue weighted by Gasteiger charge is -2.32. The summed E-state index contributed by atoms with van der Waals surface area (Å²) in [7, 11) is 0. The number of rotatable bonds is 2. The molecule has 0 saturated heterocycles. The van der Waals surface area contributed by atoms with Gasteiger partial charge in [-0.25, -0.2) is 4.98 Å². The van der Waals surface area contributed by atoms with E-state index in [1.807, 2.05) is 17.9 Å². The summed E-state index contributed by atoms with van der Waals surface area (Å²) in [4.78, 5) is 17.0. The van der Waals surface area contributed by atoms with Crippen LogP contribution in [0.25, 0.3) is 0 Å². The summed E-state index contributed by atoms with van der Waals surface area (Å²) in [6, 6.07) is 1.70. The minimum absolute atomic E-state index is 0.165. The fraction of sp³-hybridized carbons (Fsp3) is 0.400. The summed E-state index contributed by atoms with van der Waals surface area (Å²) in [5.41, 5.74) is 0. The standard InChI is InChI=1S/C10H11BrN2O2/c1-7(6-14)13-2-3-15-9-4-8(11)5-12-10(9)13/h4-7H,2-3H2,1H3. The fourth-order valence-corrected chi connectivity index (χ4v) is 1.88. The number of pyridine rings is 1. The quantitative estimate of drug-likeness (QED) is 0.767. The van der Waals surface area contributed by atoms with Crippen molar-refractivity contribution >= 4 is 28.0 Å². The third-order valence-electron chi connectivity index (χ3n) is 2.35. The highest BCUT2D eigenvalue weighted by molar-refractivity contribution is 9.10. The number of fused-ring (bicyclic) bond motifs is 1. The van der Waals surface area contributed by atoms with Crippen LogP contribution in [0, 0.1) is 0 Å². The summed E-state index contributed by atoms with van der Waals surface area (Å²) in [6.07, 6.45) is 2.62. The van der Waals surface area contributed by atoms with Gasteiger partial charge in [0.2, 0.25) is 0 Å². The normalized spacial score (nSPS) is 16.5. The van der Waals surface area contributed by atoms with Gasteiger partial charge in [-0.15, -0.1) is 0 Å². The molecular formula is C10H11BrN2O2. The summed E-state index contributed by atoms with van der Waals surface area (Å²) >= 11 is 3.33. The van der Waals surface area contributed by atoms with Crippen molar-refractivity contribution in [2.45, 2.75) is 13.0 Å². The molecule has 0 bridgehead atoms. The van der Waals surface area contributed by atoms with E-state index in [9.17, 15) is 4.79 Å². The molecule has 5 heteroatoms. The molecule has 1 aliphatic heterocycles. The van der Waals surface area contributed by atoms with Crippen molar-refractivity contribution in [3.05, 3.63) is 16.7 Å². The Hall–Kier alpha value is -1.10.